The Labute approximate surface area is 210 Å². The Kier molecular flexibility index (Phi) is 7.61. The van der Waals surface area contributed by atoms with E-state index in [0.29, 0.717) is 24.5 Å². The average Bonchev–Trinajstić information content (AvgIpc) is 3.23. The molecule has 4 rings (SSSR count). The third-order valence-electron chi connectivity index (χ3n) is 5.98. The summed E-state index contributed by atoms with van der Waals surface area (Å²) in [5, 5.41) is 3.85. The van der Waals surface area contributed by atoms with Gasteiger partial charge in [-0.25, -0.2) is 4.98 Å². The van der Waals surface area contributed by atoms with Gasteiger partial charge in [0.1, 0.15) is 17.3 Å². The lowest BCUT2D eigenvalue weighted by Gasteiger charge is -2.17. The molecule has 1 amide bonds. The van der Waals surface area contributed by atoms with Crippen LogP contribution in [0.5, 0.6) is 11.5 Å². The SMILES string of the molecule is COc1ccccc1C(=O)NC(C)c1nc2ccccc2n1CCCOc1cc(C)c(Cl)c(C)c1. The van der Waals surface area contributed by atoms with Gasteiger partial charge in [-0.3, -0.25) is 4.79 Å². The van der Waals surface area contributed by atoms with Crippen LogP contribution in [0.1, 0.15) is 46.7 Å². The van der Waals surface area contributed by atoms with Gasteiger partial charge in [0.05, 0.1) is 36.4 Å². The second kappa shape index (κ2) is 10.8. The Hall–Kier alpha value is -3.51. The summed E-state index contributed by atoms with van der Waals surface area (Å²) in [5.41, 5.74) is 4.42. The molecule has 1 unspecified atom stereocenters. The molecule has 1 N–H and O–H groups in total. The fourth-order valence-corrected chi connectivity index (χ4v) is 4.34. The molecule has 0 aliphatic heterocycles. The van der Waals surface area contributed by atoms with Crippen LogP contribution in [0.25, 0.3) is 11.0 Å². The molecule has 0 bridgehead atoms. The van der Waals surface area contributed by atoms with Gasteiger partial charge in [-0.05, 0) is 74.7 Å². The molecule has 0 saturated carbocycles. The second-order valence-corrected chi connectivity index (χ2v) is 8.96. The zero-order valence-electron chi connectivity index (χ0n) is 20.5. The standard InChI is InChI=1S/C28H30ClN3O3/c1-18-16-21(17-19(2)26(18)29)35-15-9-14-32-24-12-7-6-11-23(24)31-27(32)20(3)30-28(33)22-10-5-8-13-25(22)34-4/h5-8,10-13,16-17,20H,9,14-15H2,1-4H3,(H,30,33). The maximum atomic E-state index is 13.0. The van der Waals surface area contributed by atoms with Gasteiger partial charge in [0.15, 0.2) is 0 Å². The molecule has 35 heavy (non-hydrogen) atoms. The van der Waals surface area contributed by atoms with Gasteiger partial charge in [0.25, 0.3) is 5.91 Å². The number of carbonyl (C=O) groups is 1. The number of imidazole rings is 1. The molecule has 6 nitrogen and oxygen atoms in total. The predicted molar refractivity (Wildman–Crippen MR) is 140 cm³/mol. The molecule has 1 heterocycles. The maximum absolute atomic E-state index is 13.0. The minimum absolute atomic E-state index is 0.203. The van der Waals surface area contributed by atoms with Crippen molar-refractivity contribution in [3.05, 3.63) is 88.2 Å². The first-order valence-electron chi connectivity index (χ1n) is 11.7. The van der Waals surface area contributed by atoms with E-state index in [1.165, 1.54) is 0 Å². The van der Waals surface area contributed by atoms with Crippen molar-refractivity contribution in [3.8, 4) is 11.5 Å². The minimum atomic E-state index is -0.303. The molecule has 0 saturated heterocycles. The lowest BCUT2D eigenvalue weighted by molar-refractivity contribution is 0.0934. The van der Waals surface area contributed by atoms with Crippen molar-refractivity contribution in [2.24, 2.45) is 0 Å². The normalized spacial score (nSPS) is 11.9. The average molecular weight is 492 g/mol. The molecule has 0 aliphatic carbocycles. The van der Waals surface area contributed by atoms with Crippen molar-refractivity contribution in [2.75, 3.05) is 13.7 Å². The molecule has 1 aromatic heterocycles. The van der Waals surface area contributed by atoms with Crippen LogP contribution in [0.15, 0.2) is 60.7 Å². The van der Waals surface area contributed by atoms with E-state index in [-0.39, 0.29) is 11.9 Å². The maximum Gasteiger partial charge on any atom is 0.255 e. The quantitative estimate of drug-likeness (QED) is 0.280. The molecule has 0 aliphatic rings. The molecule has 0 spiro atoms. The van der Waals surface area contributed by atoms with E-state index in [0.717, 1.165) is 45.2 Å². The number of nitrogens with zero attached hydrogens (tertiary/aromatic N) is 2. The Morgan fingerprint density at radius 1 is 1.09 bits per heavy atom. The van der Waals surface area contributed by atoms with E-state index in [9.17, 15) is 4.79 Å². The zero-order chi connectivity index (χ0) is 24.9. The van der Waals surface area contributed by atoms with Crippen molar-refractivity contribution in [1.29, 1.82) is 0 Å². The van der Waals surface area contributed by atoms with Crippen LogP contribution >= 0.6 is 11.6 Å². The number of hydrogen-bond acceptors (Lipinski definition) is 4. The van der Waals surface area contributed by atoms with Gasteiger partial charge in [0.2, 0.25) is 0 Å². The summed E-state index contributed by atoms with van der Waals surface area (Å²) in [7, 11) is 1.56. The van der Waals surface area contributed by atoms with Gasteiger partial charge in [0, 0.05) is 11.6 Å². The first-order chi connectivity index (χ1) is 16.9. The minimum Gasteiger partial charge on any atom is -0.496 e. The fraction of sp³-hybridized carbons (Fsp3) is 0.286. The highest BCUT2D eigenvalue weighted by atomic mass is 35.5. The third kappa shape index (κ3) is 5.43. The summed E-state index contributed by atoms with van der Waals surface area (Å²) in [6.45, 7) is 7.16. The van der Waals surface area contributed by atoms with Crippen molar-refractivity contribution in [1.82, 2.24) is 14.9 Å². The van der Waals surface area contributed by atoms with E-state index < -0.39 is 0 Å². The van der Waals surface area contributed by atoms with Crippen molar-refractivity contribution < 1.29 is 14.3 Å². The lowest BCUT2D eigenvalue weighted by atomic mass is 10.1. The molecule has 0 radical (unpaired) electrons. The summed E-state index contributed by atoms with van der Waals surface area (Å²) < 4.78 is 13.5. The summed E-state index contributed by atoms with van der Waals surface area (Å²) in [4.78, 5) is 17.8. The molecule has 7 heteroatoms. The summed E-state index contributed by atoms with van der Waals surface area (Å²) in [6, 6.07) is 18.8. The number of para-hydroxylation sites is 3. The lowest BCUT2D eigenvalue weighted by Crippen LogP contribution is -2.29. The van der Waals surface area contributed by atoms with E-state index in [1.807, 2.05) is 69.3 Å². The predicted octanol–water partition coefficient (Wildman–Crippen LogP) is 6.28. The molecule has 1 atom stereocenters. The van der Waals surface area contributed by atoms with E-state index in [2.05, 4.69) is 9.88 Å². The third-order valence-corrected chi connectivity index (χ3v) is 6.57. The van der Waals surface area contributed by atoms with Crippen molar-refractivity contribution in [3.63, 3.8) is 0 Å². The number of methoxy groups -OCH3 is 1. The Balaban J connectivity index is 1.49. The first kappa shape index (κ1) is 24.6. The topological polar surface area (TPSA) is 65.4 Å². The van der Waals surface area contributed by atoms with Crippen LogP contribution < -0.4 is 14.8 Å². The number of halogens is 1. The molecule has 3 aromatic carbocycles. The number of carbonyl (C=O) groups excluding carboxylic acids is 1. The van der Waals surface area contributed by atoms with Crippen LogP contribution in [0.4, 0.5) is 0 Å². The van der Waals surface area contributed by atoms with Crippen molar-refractivity contribution in [2.45, 2.75) is 39.8 Å². The monoisotopic (exact) mass is 491 g/mol. The first-order valence-corrected chi connectivity index (χ1v) is 12.1. The number of rotatable bonds is 9. The fourth-order valence-electron chi connectivity index (χ4n) is 4.23. The highest BCUT2D eigenvalue weighted by Gasteiger charge is 2.20. The molecule has 0 fully saturated rings. The van der Waals surface area contributed by atoms with E-state index >= 15 is 0 Å². The number of amides is 1. The van der Waals surface area contributed by atoms with Crippen LogP contribution in [-0.2, 0) is 6.54 Å². The summed E-state index contributed by atoms with van der Waals surface area (Å²) in [5.74, 6) is 1.95. The number of nitrogens with one attached hydrogen (secondary N) is 1. The van der Waals surface area contributed by atoms with Crippen LogP contribution in [0, 0.1) is 13.8 Å². The van der Waals surface area contributed by atoms with Gasteiger partial charge >= 0.3 is 0 Å². The summed E-state index contributed by atoms with van der Waals surface area (Å²) >= 11 is 6.27. The van der Waals surface area contributed by atoms with Gasteiger partial charge < -0.3 is 19.4 Å². The molecular weight excluding hydrogens is 462 g/mol. The van der Waals surface area contributed by atoms with E-state index in [4.69, 9.17) is 26.1 Å². The van der Waals surface area contributed by atoms with Crippen LogP contribution in [-0.4, -0.2) is 29.2 Å². The number of fused-ring (bicyclic) bond motifs is 1. The van der Waals surface area contributed by atoms with Gasteiger partial charge in [-0.2, -0.15) is 0 Å². The van der Waals surface area contributed by atoms with Gasteiger partial charge in [-0.15, -0.1) is 0 Å². The molecular formula is C28H30ClN3O3. The Morgan fingerprint density at radius 2 is 1.77 bits per heavy atom. The zero-order valence-corrected chi connectivity index (χ0v) is 21.2. The number of aromatic nitrogens is 2. The van der Waals surface area contributed by atoms with Gasteiger partial charge in [-0.1, -0.05) is 35.9 Å². The van der Waals surface area contributed by atoms with E-state index in [1.54, 1.807) is 19.2 Å². The van der Waals surface area contributed by atoms with Crippen LogP contribution in [0.3, 0.4) is 0 Å². The molecule has 4 aromatic rings. The largest absolute Gasteiger partial charge is 0.496 e. The second-order valence-electron chi connectivity index (χ2n) is 8.58. The number of benzene rings is 3. The Bertz CT molecular complexity index is 1330. The number of ether oxygens (including phenoxy) is 2. The van der Waals surface area contributed by atoms with Crippen molar-refractivity contribution >= 4 is 28.5 Å². The highest BCUT2D eigenvalue weighted by molar-refractivity contribution is 6.32. The van der Waals surface area contributed by atoms with Crippen LogP contribution in [0.2, 0.25) is 5.02 Å². The number of aryl methyl sites for hydroxylation is 3. The highest BCUT2D eigenvalue weighted by Crippen LogP contribution is 2.26. The smallest absolute Gasteiger partial charge is 0.255 e. The molecule has 182 valence electrons. The number of hydrogen-bond donors (Lipinski definition) is 1. The Morgan fingerprint density at radius 3 is 2.51 bits per heavy atom. The summed E-state index contributed by atoms with van der Waals surface area (Å²) in [6.07, 6.45) is 0.779.